The van der Waals surface area contributed by atoms with E-state index >= 15 is 0 Å². The average molecular weight is 283 g/mol. The van der Waals surface area contributed by atoms with Gasteiger partial charge in [0, 0.05) is 36.7 Å². The molecule has 0 saturated heterocycles. The summed E-state index contributed by atoms with van der Waals surface area (Å²) in [6.07, 6.45) is 7.04. The normalized spacial score (nSPS) is 34.8. The van der Waals surface area contributed by atoms with Gasteiger partial charge in [0.1, 0.15) is 5.78 Å². The summed E-state index contributed by atoms with van der Waals surface area (Å²) in [5, 5.41) is 0. The number of carbonyl (C=O) groups excluding carboxylic acids is 2. The zero-order valence-electron chi connectivity index (χ0n) is 11.0. The van der Waals surface area contributed by atoms with Gasteiger partial charge in [-0.05, 0) is 24.2 Å². The van der Waals surface area contributed by atoms with Crippen LogP contribution < -0.4 is 0 Å². The Labute approximate surface area is 115 Å². The number of ketones is 2. The number of hydrogen-bond donors (Lipinski definition) is 0. The van der Waals surface area contributed by atoms with Crippen molar-refractivity contribution in [1.29, 1.82) is 0 Å². The molecule has 2 rings (SSSR count). The number of rotatable bonds is 0. The van der Waals surface area contributed by atoms with Crippen LogP contribution in [0.2, 0.25) is 0 Å². The molecular weight excluding hydrogens is 266 g/mol. The van der Waals surface area contributed by atoms with Gasteiger partial charge in [0.15, 0.2) is 0 Å². The van der Waals surface area contributed by atoms with E-state index in [4.69, 9.17) is 0 Å². The Morgan fingerprint density at radius 3 is 2.47 bits per heavy atom. The minimum Gasteiger partial charge on any atom is -0.429 e. The minimum absolute atomic E-state index is 0. The van der Waals surface area contributed by atoms with E-state index in [1.54, 1.807) is 6.08 Å². The van der Waals surface area contributed by atoms with Crippen LogP contribution in [0.5, 0.6) is 0 Å². The van der Waals surface area contributed by atoms with Gasteiger partial charge in [-0.2, -0.15) is 0 Å². The number of allylic oxidation sites excluding steroid dienone is 4. The van der Waals surface area contributed by atoms with Gasteiger partial charge < -0.3 is 10.9 Å². The molecule has 17 heavy (non-hydrogen) atoms. The van der Waals surface area contributed by atoms with Crippen LogP contribution in [0.3, 0.4) is 0 Å². The maximum Gasteiger partial charge on any atom is 0.144 e. The van der Waals surface area contributed by atoms with Crippen molar-refractivity contribution in [2.24, 2.45) is 16.7 Å². The predicted octanol–water partition coefficient (Wildman–Crippen LogP) is 2.49. The second-order valence-corrected chi connectivity index (χ2v) is 5.63. The molecule has 0 unspecified atom stereocenters. The molecule has 0 fully saturated rings. The molecule has 3 heteroatoms. The zero-order valence-corrected chi connectivity index (χ0v) is 13.9. The summed E-state index contributed by atoms with van der Waals surface area (Å²) in [6, 6.07) is 0. The number of hydrogen-bond acceptors (Lipinski definition) is 2. The molecule has 0 N–H and O–H groups in total. The van der Waals surface area contributed by atoms with Crippen LogP contribution in [0.15, 0.2) is 17.7 Å². The van der Waals surface area contributed by atoms with Gasteiger partial charge in [0.25, 0.3) is 0 Å². The first-order chi connectivity index (χ1) is 7.28. The smallest absolute Gasteiger partial charge is 0.144 e. The summed E-state index contributed by atoms with van der Waals surface area (Å²) in [5.74, 6) is 0.401. The van der Waals surface area contributed by atoms with Crippen LogP contribution in [-0.4, -0.2) is 11.6 Å². The van der Waals surface area contributed by atoms with Gasteiger partial charge in [-0.3, -0.25) is 4.79 Å². The quantitative estimate of drug-likeness (QED) is 0.389. The molecule has 88 valence electrons. The summed E-state index contributed by atoms with van der Waals surface area (Å²) in [5.41, 5.74) is -0.245. The Hall–Kier alpha value is -0.557. The summed E-state index contributed by atoms with van der Waals surface area (Å²) in [7, 11) is 0. The predicted molar refractivity (Wildman–Crippen MR) is 61.6 cm³/mol. The number of Topliss-reactive ketones (excluding diaryl/α,β-unsaturated/α-hetero) is 2. The van der Waals surface area contributed by atoms with Gasteiger partial charge in [-0.25, -0.2) is 6.08 Å². The van der Waals surface area contributed by atoms with E-state index in [1.165, 1.54) is 0 Å². The third-order valence-corrected chi connectivity index (χ3v) is 3.83. The van der Waals surface area contributed by atoms with Gasteiger partial charge >= 0.3 is 0 Å². The van der Waals surface area contributed by atoms with Crippen LogP contribution in [0.1, 0.15) is 34.1 Å². The maximum atomic E-state index is 12.1. The van der Waals surface area contributed by atoms with Crippen molar-refractivity contribution < 1.29 is 29.1 Å². The molecule has 0 radical (unpaired) electrons. The fraction of sp³-hybridized carbons (Fsp3) is 0.571. The molecule has 2 atom stereocenters. The summed E-state index contributed by atoms with van der Waals surface area (Å²) >= 11 is 0. The van der Waals surface area contributed by atoms with Crippen LogP contribution in [0.4, 0.5) is 0 Å². The van der Waals surface area contributed by atoms with E-state index < -0.39 is 10.8 Å². The van der Waals surface area contributed by atoms with Crippen molar-refractivity contribution >= 4 is 11.6 Å². The van der Waals surface area contributed by atoms with Crippen molar-refractivity contribution in [2.45, 2.75) is 34.1 Å². The molecule has 0 aromatic carbocycles. The summed E-state index contributed by atoms with van der Waals surface area (Å²) in [4.78, 5) is 24.0. The Balaban J connectivity index is 0.00000144. The van der Waals surface area contributed by atoms with Crippen molar-refractivity contribution in [3.8, 4) is 0 Å². The summed E-state index contributed by atoms with van der Waals surface area (Å²) in [6.45, 7) is 7.68. The second-order valence-electron chi connectivity index (χ2n) is 5.63. The Bertz CT molecular complexity index is 432. The fourth-order valence-electron chi connectivity index (χ4n) is 2.70. The van der Waals surface area contributed by atoms with E-state index in [-0.39, 0.29) is 37.0 Å². The van der Waals surface area contributed by atoms with E-state index in [9.17, 15) is 9.59 Å². The van der Waals surface area contributed by atoms with Crippen LogP contribution in [0.25, 0.3) is 0 Å². The van der Waals surface area contributed by atoms with E-state index in [2.05, 4.69) is 12.2 Å². The molecule has 0 aromatic rings. The Morgan fingerprint density at radius 2 is 1.88 bits per heavy atom. The standard InChI is InChI=1S/C14H17O2.Zn/c1-9-7-10-13(2,3)11(15)5-6-14(10,4)12(16)8-9;/h6-7,9H,8H2,1-4H3;/q-1;/t9-,14+;/m1./s1. The van der Waals surface area contributed by atoms with Crippen LogP contribution >= 0.6 is 0 Å². The molecule has 2 aliphatic rings. The van der Waals surface area contributed by atoms with E-state index in [0.29, 0.717) is 6.42 Å². The van der Waals surface area contributed by atoms with Gasteiger partial charge in [0.2, 0.25) is 0 Å². The topological polar surface area (TPSA) is 34.1 Å². The molecule has 2 aliphatic carbocycles. The maximum absolute atomic E-state index is 12.1. The molecule has 0 heterocycles. The molecule has 0 amide bonds. The van der Waals surface area contributed by atoms with Crippen molar-refractivity contribution in [3.05, 3.63) is 23.8 Å². The molecule has 0 saturated carbocycles. The number of fused-ring (bicyclic) bond motifs is 1. The Kier molecular flexibility index (Phi) is 3.65. The van der Waals surface area contributed by atoms with Crippen molar-refractivity contribution in [2.75, 3.05) is 0 Å². The van der Waals surface area contributed by atoms with Gasteiger partial charge in [0.05, 0.1) is 0 Å². The minimum atomic E-state index is -0.607. The number of carbonyl (C=O) groups is 2. The second kappa shape index (κ2) is 4.28. The third kappa shape index (κ3) is 1.99. The largest absolute Gasteiger partial charge is 0.429 e. The van der Waals surface area contributed by atoms with E-state index in [0.717, 1.165) is 5.57 Å². The molecule has 0 bridgehead atoms. The summed E-state index contributed by atoms with van der Waals surface area (Å²) < 4.78 is 0. The Morgan fingerprint density at radius 1 is 1.29 bits per heavy atom. The molecule has 2 nitrogen and oxygen atoms in total. The first kappa shape index (κ1) is 14.5. The van der Waals surface area contributed by atoms with Crippen molar-refractivity contribution in [3.63, 3.8) is 0 Å². The zero-order chi connectivity index (χ0) is 12.1. The van der Waals surface area contributed by atoms with Crippen LogP contribution in [0, 0.1) is 22.8 Å². The van der Waals surface area contributed by atoms with E-state index in [1.807, 2.05) is 27.7 Å². The first-order valence-electron chi connectivity index (χ1n) is 5.70. The average Bonchev–Trinajstić information content (AvgIpc) is 2.18. The van der Waals surface area contributed by atoms with Crippen molar-refractivity contribution in [1.82, 2.24) is 0 Å². The molecule has 0 aliphatic heterocycles. The fourth-order valence-corrected chi connectivity index (χ4v) is 2.70. The third-order valence-electron chi connectivity index (χ3n) is 3.83. The first-order valence-corrected chi connectivity index (χ1v) is 5.70. The van der Waals surface area contributed by atoms with Gasteiger partial charge in [-0.15, -0.1) is 0 Å². The van der Waals surface area contributed by atoms with Crippen LogP contribution in [-0.2, 0) is 29.1 Å². The molecule has 0 aromatic heterocycles. The van der Waals surface area contributed by atoms with Gasteiger partial charge in [-0.1, -0.05) is 26.8 Å². The molecule has 0 spiro atoms. The SMILES string of the molecule is C[C@@H]1C=C2C(C)(C)C(=O)[C-]=C[C@]2(C)C(=O)C1.[Zn]. The monoisotopic (exact) mass is 281 g/mol. The molecular formula is C14H17O2Zn-.